The molecule has 0 aromatic heterocycles. The molecule has 132 valence electrons. The van der Waals surface area contributed by atoms with E-state index in [1.54, 1.807) is 13.8 Å². The molecule has 0 fully saturated rings. The van der Waals surface area contributed by atoms with Crippen molar-refractivity contribution in [2.75, 3.05) is 20.1 Å². The van der Waals surface area contributed by atoms with Crippen molar-refractivity contribution in [1.82, 2.24) is 9.62 Å². The molecule has 0 atom stereocenters. The highest BCUT2D eigenvalue weighted by Crippen LogP contribution is 2.17. The van der Waals surface area contributed by atoms with Crippen LogP contribution in [-0.2, 0) is 10.0 Å². The number of nitrogens with zero attached hydrogens (tertiary/aromatic N) is 1. The van der Waals surface area contributed by atoms with Crippen molar-refractivity contribution in [3.8, 4) is 0 Å². The van der Waals surface area contributed by atoms with Crippen LogP contribution >= 0.6 is 12.4 Å². The Morgan fingerprint density at radius 1 is 1.22 bits per heavy atom. The van der Waals surface area contributed by atoms with Gasteiger partial charge in [0.05, 0.1) is 4.90 Å². The van der Waals surface area contributed by atoms with Crippen LogP contribution in [0.1, 0.15) is 37.0 Å². The van der Waals surface area contributed by atoms with Crippen LogP contribution in [0.3, 0.4) is 0 Å². The summed E-state index contributed by atoms with van der Waals surface area (Å²) in [6.07, 6.45) is 1.69. The number of rotatable bonds is 8. The monoisotopic (exact) mass is 363 g/mol. The maximum absolute atomic E-state index is 12.3. The summed E-state index contributed by atoms with van der Waals surface area (Å²) < 4.78 is 25.9. The Kier molecular flexibility index (Phi) is 9.38. The first-order valence-electron chi connectivity index (χ1n) is 7.37. The number of halogens is 1. The molecule has 6 nitrogen and oxygen atoms in total. The standard InChI is InChI=1S/C15H25N3O3S.ClH/c1-12(2)18(3)22(20,21)14-8-6-13(7-9-14)15(19)17-11-5-4-10-16;/h6-9,12H,4-5,10-11,16H2,1-3H3,(H,17,19);1H. The molecule has 0 saturated carbocycles. The first-order chi connectivity index (χ1) is 10.3. The second kappa shape index (κ2) is 9.87. The lowest BCUT2D eigenvalue weighted by molar-refractivity contribution is 0.0953. The molecule has 0 spiro atoms. The molecule has 8 heteroatoms. The molecule has 1 rings (SSSR count). The molecule has 1 aromatic carbocycles. The van der Waals surface area contributed by atoms with Gasteiger partial charge in [0.25, 0.3) is 5.91 Å². The van der Waals surface area contributed by atoms with Gasteiger partial charge in [-0.3, -0.25) is 4.79 Å². The van der Waals surface area contributed by atoms with Crippen molar-refractivity contribution >= 4 is 28.3 Å². The molecule has 0 aliphatic heterocycles. The maximum atomic E-state index is 12.3. The highest BCUT2D eigenvalue weighted by Gasteiger charge is 2.23. The largest absolute Gasteiger partial charge is 0.352 e. The average Bonchev–Trinajstić information content (AvgIpc) is 2.50. The van der Waals surface area contributed by atoms with Crippen molar-refractivity contribution in [1.29, 1.82) is 0 Å². The summed E-state index contributed by atoms with van der Waals surface area (Å²) in [7, 11) is -1.98. The number of unbranched alkanes of at least 4 members (excludes halogenated alkanes) is 1. The smallest absolute Gasteiger partial charge is 0.251 e. The van der Waals surface area contributed by atoms with Crippen LogP contribution in [0.4, 0.5) is 0 Å². The first-order valence-corrected chi connectivity index (χ1v) is 8.81. The van der Waals surface area contributed by atoms with Crippen LogP contribution in [0, 0.1) is 0 Å². The van der Waals surface area contributed by atoms with Gasteiger partial charge >= 0.3 is 0 Å². The molecule has 0 unspecified atom stereocenters. The van der Waals surface area contributed by atoms with E-state index in [4.69, 9.17) is 5.73 Å². The SMILES string of the molecule is CC(C)N(C)S(=O)(=O)c1ccc(C(=O)NCCCCN)cc1.Cl. The fourth-order valence-corrected chi connectivity index (χ4v) is 3.16. The van der Waals surface area contributed by atoms with Crippen LogP contribution in [-0.4, -0.2) is 44.8 Å². The summed E-state index contributed by atoms with van der Waals surface area (Å²) in [5, 5.41) is 2.78. The fourth-order valence-electron chi connectivity index (χ4n) is 1.80. The Morgan fingerprint density at radius 2 is 1.78 bits per heavy atom. The minimum absolute atomic E-state index is 0. The molecular weight excluding hydrogens is 338 g/mol. The fraction of sp³-hybridized carbons (Fsp3) is 0.533. The van der Waals surface area contributed by atoms with E-state index in [1.807, 2.05) is 0 Å². The van der Waals surface area contributed by atoms with Crippen LogP contribution in [0.15, 0.2) is 29.2 Å². The van der Waals surface area contributed by atoms with E-state index in [9.17, 15) is 13.2 Å². The molecule has 0 heterocycles. The molecule has 0 aliphatic rings. The third kappa shape index (κ3) is 6.10. The van der Waals surface area contributed by atoms with E-state index < -0.39 is 10.0 Å². The third-order valence-electron chi connectivity index (χ3n) is 3.44. The molecule has 0 bridgehead atoms. The van der Waals surface area contributed by atoms with Gasteiger partial charge in [-0.1, -0.05) is 0 Å². The highest BCUT2D eigenvalue weighted by atomic mass is 35.5. The van der Waals surface area contributed by atoms with Crippen molar-refractivity contribution in [2.24, 2.45) is 5.73 Å². The second-order valence-corrected chi connectivity index (χ2v) is 7.39. The van der Waals surface area contributed by atoms with E-state index in [2.05, 4.69) is 5.32 Å². The van der Waals surface area contributed by atoms with Gasteiger partial charge in [0.1, 0.15) is 0 Å². The van der Waals surface area contributed by atoms with Crippen molar-refractivity contribution < 1.29 is 13.2 Å². The third-order valence-corrected chi connectivity index (χ3v) is 5.48. The predicted molar refractivity (Wildman–Crippen MR) is 94.4 cm³/mol. The number of sulfonamides is 1. The van der Waals surface area contributed by atoms with Gasteiger partial charge in [-0.15, -0.1) is 12.4 Å². The second-order valence-electron chi connectivity index (χ2n) is 5.39. The number of carbonyl (C=O) groups is 1. The number of hydrogen-bond donors (Lipinski definition) is 2. The van der Waals surface area contributed by atoms with Gasteiger partial charge < -0.3 is 11.1 Å². The summed E-state index contributed by atoms with van der Waals surface area (Å²) in [5.41, 5.74) is 5.83. The number of nitrogens with one attached hydrogen (secondary N) is 1. The van der Waals surface area contributed by atoms with Crippen molar-refractivity contribution in [2.45, 2.75) is 37.6 Å². The Labute approximate surface area is 144 Å². The normalized spacial score (nSPS) is 11.4. The summed E-state index contributed by atoms with van der Waals surface area (Å²) in [6, 6.07) is 5.85. The zero-order valence-electron chi connectivity index (χ0n) is 13.8. The molecule has 0 radical (unpaired) electrons. The highest BCUT2D eigenvalue weighted by molar-refractivity contribution is 7.89. The van der Waals surface area contributed by atoms with Gasteiger partial charge in [0.15, 0.2) is 0 Å². The zero-order chi connectivity index (χ0) is 16.8. The first kappa shape index (κ1) is 21.9. The Morgan fingerprint density at radius 3 is 2.26 bits per heavy atom. The number of nitrogens with two attached hydrogens (primary N) is 1. The van der Waals surface area contributed by atoms with Crippen molar-refractivity contribution in [3.63, 3.8) is 0 Å². The summed E-state index contributed by atoms with van der Waals surface area (Å²) in [4.78, 5) is 12.1. The lowest BCUT2D eigenvalue weighted by Crippen LogP contribution is -2.33. The summed E-state index contributed by atoms with van der Waals surface area (Å²) in [6.45, 7) is 4.78. The van der Waals surface area contributed by atoms with E-state index in [0.717, 1.165) is 12.8 Å². The van der Waals surface area contributed by atoms with Crippen LogP contribution < -0.4 is 11.1 Å². The minimum Gasteiger partial charge on any atom is -0.352 e. The average molecular weight is 364 g/mol. The van der Waals surface area contributed by atoms with Gasteiger partial charge in [-0.2, -0.15) is 4.31 Å². The predicted octanol–water partition coefficient (Wildman–Crippen LogP) is 1.61. The van der Waals surface area contributed by atoms with Gasteiger partial charge in [-0.05, 0) is 57.5 Å². The van der Waals surface area contributed by atoms with Crippen LogP contribution in [0.2, 0.25) is 0 Å². The maximum Gasteiger partial charge on any atom is 0.251 e. The molecule has 1 amide bonds. The topological polar surface area (TPSA) is 92.5 Å². The Hall–Kier alpha value is -1.15. The number of benzene rings is 1. The number of hydrogen-bond acceptors (Lipinski definition) is 4. The van der Waals surface area contributed by atoms with Gasteiger partial charge in [-0.25, -0.2) is 8.42 Å². The van der Waals surface area contributed by atoms with E-state index >= 15 is 0 Å². The molecule has 0 saturated heterocycles. The Balaban J connectivity index is 0.00000484. The molecule has 23 heavy (non-hydrogen) atoms. The van der Waals surface area contributed by atoms with E-state index in [-0.39, 0.29) is 29.3 Å². The van der Waals surface area contributed by atoms with Crippen LogP contribution in [0.25, 0.3) is 0 Å². The quantitative estimate of drug-likeness (QED) is 0.686. The zero-order valence-corrected chi connectivity index (χ0v) is 15.4. The minimum atomic E-state index is -3.52. The van der Waals surface area contributed by atoms with Gasteiger partial charge in [0, 0.05) is 25.2 Å². The number of carbonyl (C=O) groups excluding carboxylic acids is 1. The molecular formula is C15H26ClN3O3S. The Bertz CT molecular complexity index is 588. The molecule has 0 aliphatic carbocycles. The van der Waals surface area contributed by atoms with Crippen molar-refractivity contribution in [3.05, 3.63) is 29.8 Å². The van der Waals surface area contributed by atoms with Gasteiger partial charge in [0.2, 0.25) is 10.0 Å². The molecule has 3 N–H and O–H groups in total. The van der Waals surface area contributed by atoms with Crippen LogP contribution in [0.5, 0.6) is 0 Å². The lowest BCUT2D eigenvalue weighted by atomic mass is 10.2. The number of amides is 1. The van der Waals surface area contributed by atoms with E-state index in [0.29, 0.717) is 18.7 Å². The summed E-state index contributed by atoms with van der Waals surface area (Å²) >= 11 is 0. The summed E-state index contributed by atoms with van der Waals surface area (Å²) in [5.74, 6) is -0.210. The lowest BCUT2D eigenvalue weighted by Gasteiger charge is -2.21. The molecule has 1 aromatic rings. The van der Waals surface area contributed by atoms with E-state index in [1.165, 1.54) is 35.6 Å².